The number of phenols is 1. The molecule has 0 aliphatic carbocycles. The first-order valence-electron chi connectivity index (χ1n) is 10.1. The van der Waals surface area contributed by atoms with Crippen molar-refractivity contribution < 1.29 is 18.9 Å². The molecule has 1 aliphatic heterocycles. The lowest BCUT2D eigenvalue weighted by molar-refractivity contribution is 0.0949. The third kappa shape index (κ3) is 4.21. The van der Waals surface area contributed by atoms with Gasteiger partial charge in [0.25, 0.3) is 11.8 Å². The standard InChI is InChI=1S/C24H16ClN3O4S2/c25-18-10-14(29)6-7-16(18)24-27-12-15(33-24)11-26-22(30)13-5-8-21-19(9-13)28-23(31)17-3-1-2-4-20(17)34(21)32/h1-10,12,29H,11H2,(H,26,30)(H,28,31). The molecule has 0 radical (unpaired) electrons. The normalized spacial score (nSPS) is 14.5. The smallest absolute Gasteiger partial charge is 0.256 e. The summed E-state index contributed by atoms with van der Waals surface area (Å²) in [5.74, 6) is -0.644. The molecule has 3 aromatic carbocycles. The summed E-state index contributed by atoms with van der Waals surface area (Å²) in [6.07, 6.45) is 1.65. The number of halogens is 1. The number of aromatic hydroxyl groups is 1. The van der Waals surface area contributed by atoms with E-state index in [1.54, 1.807) is 48.7 Å². The zero-order chi connectivity index (χ0) is 23.8. The van der Waals surface area contributed by atoms with Crippen LogP contribution in [0.2, 0.25) is 5.02 Å². The number of carbonyl (C=O) groups is 2. The number of rotatable bonds is 4. The van der Waals surface area contributed by atoms with Gasteiger partial charge in [0.2, 0.25) is 0 Å². The van der Waals surface area contributed by atoms with Crippen molar-refractivity contribution in [3.8, 4) is 16.3 Å². The average Bonchev–Trinajstić information content (AvgIpc) is 3.27. The molecule has 0 saturated carbocycles. The molecular formula is C24H16ClN3O4S2. The summed E-state index contributed by atoms with van der Waals surface area (Å²) in [5, 5.41) is 16.2. The molecule has 7 nitrogen and oxygen atoms in total. The second-order valence-corrected chi connectivity index (χ2v) is 10.3. The van der Waals surface area contributed by atoms with E-state index in [0.717, 1.165) is 4.88 Å². The lowest BCUT2D eigenvalue weighted by Crippen LogP contribution is -2.22. The Morgan fingerprint density at radius 2 is 1.91 bits per heavy atom. The van der Waals surface area contributed by atoms with Crippen LogP contribution in [0.4, 0.5) is 5.69 Å². The predicted molar refractivity (Wildman–Crippen MR) is 131 cm³/mol. The van der Waals surface area contributed by atoms with Crippen molar-refractivity contribution >= 4 is 51.2 Å². The molecule has 2 amide bonds. The van der Waals surface area contributed by atoms with Gasteiger partial charge in [-0.15, -0.1) is 11.3 Å². The summed E-state index contributed by atoms with van der Waals surface area (Å²) in [5.41, 5.74) is 1.71. The molecular weight excluding hydrogens is 494 g/mol. The van der Waals surface area contributed by atoms with Gasteiger partial charge in [-0.05, 0) is 48.5 Å². The second-order valence-electron chi connectivity index (χ2n) is 7.41. The topological polar surface area (TPSA) is 108 Å². The summed E-state index contributed by atoms with van der Waals surface area (Å²) in [6, 6.07) is 16.1. The van der Waals surface area contributed by atoms with Crippen molar-refractivity contribution in [2.24, 2.45) is 0 Å². The van der Waals surface area contributed by atoms with E-state index < -0.39 is 10.8 Å². The van der Waals surface area contributed by atoms with Crippen molar-refractivity contribution in [1.29, 1.82) is 0 Å². The number of thiazole rings is 1. The van der Waals surface area contributed by atoms with Crippen molar-refractivity contribution in [2.75, 3.05) is 5.32 Å². The summed E-state index contributed by atoms with van der Waals surface area (Å²) in [6.45, 7) is 0.243. The number of amides is 2. The first kappa shape index (κ1) is 22.3. The molecule has 1 aromatic heterocycles. The molecule has 1 atom stereocenters. The molecule has 4 aromatic rings. The van der Waals surface area contributed by atoms with Crippen LogP contribution >= 0.6 is 22.9 Å². The van der Waals surface area contributed by atoms with Gasteiger partial charge in [-0.25, -0.2) is 9.19 Å². The van der Waals surface area contributed by atoms with Crippen molar-refractivity contribution in [3.63, 3.8) is 0 Å². The van der Waals surface area contributed by atoms with E-state index in [4.69, 9.17) is 11.6 Å². The highest BCUT2D eigenvalue weighted by Gasteiger charge is 2.25. The number of phenolic OH excluding ortho intramolecular Hbond substituents is 1. The van der Waals surface area contributed by atoms with E-state index in [9.17, 15) is 18.9 Å². The first-order valence-corrected chi connectivity index (χ1v) is 12.4. The van der Waals surface area contributed by atoms with E-state index in [-0.39, 0.29) is 24.1 Å². The highest BCUT2D eigenvalue weighted by molar-refractivity contribution is 7.85. The maximum Gasteiger partial charge on any atom is 0.256 e. The third-order valence-corrected chi connectivity index (χ3v) is 8.04. The Labute approximate surface area is 205 Å². The number of nitrogens with one attached hydrogen (secondary N) is 2. The molecule has 5 rings (SSSR count). The van der Waals surface area contributed by atoms with E-state index in [2.05, 4.69) is 15.6 Å². The fourth-order valence-corrected chi connectivity index (χ4v) is 6.03. The van der Waals surface area contributed by atoms with Gasteiger partial charge in [-0.3, -0.25) is 9.59 Å². The molecule has 10 heteroatoms. The van der Waals surface area contributed by atoms with Gasteiger partial charge in [0.1, 0.15) is 10.8 Å². The summed E-state index contributed by atoms with van der Waals surface area (Å²) in [4.78, 5) is 31.4. The molecule has 3 N–H and O–H groups in total. The molecule has 1 unspecified atom stereocenters. The molecule has 170 valence electrons. The highest BCUT2D eigenvalue weighted by atomic mass is 35.5. The zero-order valence-electron chi connectivity index (χ0n) is 17.4. The van der Waals surface area contributed by atoms with Crippen LogP contribution in [0, 0.1) is 0 Å². The average molecular weight is 510 g/mol. The van der Waals surface area contributed by atoms with Crippen LogP contribution in [0.5, 0.6) is 5.75 Å². The molecule has 0 saturated heterocycles. The van der Waals surface area contributed by atoms with Gasteiger partial charge in [0.15, 0.2) is 0 Å². The van der Waals surface area contributed by atoms with Crippen LogP contribution in [0.25, 0.3) is 10.6 Å². The Morgan fingerprint density at radius 3 is 2.74 bits per heavy atom. The fourth-order valence-electron chi connectivity index (χ4n) is 3.52. The number of benzene rings is 3. The Morgan fingerprint density at radius 1 is 1.09 bits per heavy atom. The van der Waals surface area contributed by atoms with E-state index in [1.807, 2.05) is 0 Å². The maximum atomic E-state index is 13.0. The number of hydrogen-bond acceptors (Lipinski definition) is 6. The molecule has 1 aliphatic rings. The summed E-state index contributed by atoms with van der Waals surface area (Å²) in [7, 11) is -1.55. The summed E-state index contributed by atoms with van der Waals surface area (Å²) < 4.78 is 13.0. The maximum absolute atomic E-state index is 13.0. The van der Waals surface area contributed by atoms with Crippen LogP contribution in [0.3, 0.4) is 0 Å². The van der Waals surface area contributed by atoms with Crippen LogP contribution in [0.15, 0.2) is 76.7 Å². The van der Waals surface area contributed by atoms with Crippen LogP contribution < -0.4 is 10.6 Å². The zero-order valence-corrected chi connectivity index (χ0v) is 19.8. The van der Waals surface area contributed by atoms with Crippen molar-refractivity contribution in [1.82, 2.24) is 10.3 Å². The minimum absolute atomic E-state index is 0.0717. The predicted octanol–water partition coefficient (Wildman–Crippen LogP) is 4.83. The lowest BCUT2D eigenvalue weighted by Gasteiger charge is -2.09. The number of hydrogen-bond donors (Lipinski definition) is 3. The van der Waals surface area contributed by atoms with E-state index >= 15 is 0 Å². The largest absolute Gasteiger partial charge is 0.508 e. The number of nitrogens with zero attached hydrogens (tertiary/aromatic N) is 1. The number of carbonyl (C=O) groups excluding carboxylic acids is 2. The van der Waals surface area contributed by atoms with Gasteiger partial charge in [-0.2, -0.15) is 0 Å². The van der Waals surface area contributed by atoms with E-state index in [0.29, 0.717) is 42.2 Å². The molecule has 0 spiro atoms. The minimum atomic E-state index is -1.55. The number of anilines is 1. The van der Waals surface area contributed by atoms with Crippen molar-refractivity contribution in [3.05, 3.63) is 87.9 Å². The van der Waals surface area contributed by atoms with Gasteiger partial charge < -0.3 is 15.7 Å². The molecule has 2 heterocycles. The van der Waals surface area contributed by atoms with Crippen LogP contribution in [-0.4, -0.2) is 26.1 Å². The van der Waals surface area contributed by atoms with Crippen LogP contribution in [-0.2, 0) is 17.3 Å². The monoisotopic (exact) mass is 509 g/mol. The Balaban J connectivity index is 1.32. The molecule has 0 bridgehead atoms. The number of fused-ring (bicyclic) bond motifs is 2. The van der Waals surface area contributed by atoms with Gasteiger partial charge in [-0.1, -0.05) is 23.7 Å². The lowest BCUT2D eigenvalue weighted by atomic mass is 10.1. The summed E-state index contributed by atoms with van der Waals surface area (Å²) >= 11 is 7.56. The Hall–Kier alpha value is -3.53. The highest BCUT2D eigenvalue weighted by Crippen LogP contribution is 2.34. The van der Waals surface area contributed by atoms with Gasteiger partial charge in [0.05, 0.1) is 43.4 Å². The molecule has 34 heavy (non-hydrogen) atoms. The second kappa shape index (κ2) is 9.02. The fraction of sp³-hybridized carbons (Fsp3) is 0.0417. The Kier molecular flexibility index (Phi) is 5.91. The third-order valence-electron chi connectivity index (χ3n) is 5.18. The van der Waals surface area contributed by atoms with E-state index in [1.165, 1.54) is 29.5 Å². The number of aromatic nitrogens is 1. The Bertz CT molecular complexity index is 1480. The quantitative estimate of drug-likeness (QED) is 0.365. The van der Waals surface area contributed by atoms with Crippen LogP contribution in [0.1, 0.15) is 25.6 Å². The molecule has 0 fully saturated rings. The van der Waals surface area contributed by atoms with Gasteiger partial charge in [0, 0.05) is 22.2 Å². The van der Waals surface area contributed by atoms with Gasteiger partial charge >= 0.3 is 0 Å². The van der Waals surface area contributed by atoms with Crippen molar-refractivity contribution in [2.45, 2.75) is 16.3 Å². The minimum Gasteiger partial charge on any atom is -0.508 e. The SMILES string of the molecule is O=C(NCc1cnc(-c2ccc(O)cc2Cl)s1)c1ccc2c(c1)NC(=O)c1ccccc1S2=O. The first-order chi connectivity index (χ1) is 16.4.